The maximum Gasteiger partial charge on any atom is 0.0926 e. The molecule has 2 atom stereocenters. The Bertz CT molecular complexity index is 301. The number of nitrogens with one attached hydrogen (secondary N) is 1. The first-order valence-corrected chi connectivity index (χ1v) is 5.99. The third-order valence-corrected chi connectivity index (χ3v) is 2.93. The minimum Gasteiger partial charge on any atom is -0.398 e. The van der Waals surface area contributed by atoms with Crippen LogP contribution >= 0.6 is 0 Å². The summed E-state index contributed by atoms with van der Waals surface area (Å²) < 4.78 is 0. The molecule has 1 aromatic heterocycles. The van der Waals surface area contributed by atoms with Crippen molar-refractivity contribution in [3.8, 4) is 0 Å². The van der Waals surface area contributed by atoms with E-state index in [0.717, 1.165) is 12.2 Å². The zero-order chi connectivity index (χ0) is 12.8. The first kappa shape index (κ1) is 14.0. The number of hydrogen-bond donors (Lipinski definition) is 4. The van der Waals surface area contributed by atoms with Gasteiger partial charge in [0, 0.05) is 37.2 Å². The van der Waals surface area contributed by atoms with Crippen LogP contribution in [0, 0.1) is 0 Å². The number of β-amino-alcohol motifs (C(OH)–C–C–N with tert-alkyl or cyclic N) is 1. The molecule has 1 aliphatic heterocycles. The third-order valence-electron chi connectivity index (χ3n) is 2.93. The van der Waals surface area contributed by atoms with E-state index in [9.17, 15) is 10.2 Å². The summed E-state index contributed by atoms with van der Waals surface area (Å²) in [6.45, 7) is 5.71. The zero-order valence-electron chi connectivity index (χ0n) is 10.5. The molecule has 1 aromatic rings. The van der Waals surface area contributed by atoms with Gasteiger partial charge in [-0.25, -0.2) is 0 Å². The highest BCUT2D eigenvalue weighted by Gasteiger charge is 2.26. The van der Waals surface area contributed by atoms with E-state index in [-0.39, 0.29) is 0 Å². The molecule has 5 N–H and O–H groups in total. The highest BCUT2D eigenvalue weighted by molar-refractivity contribution is 5.32. The van der Waals surface area contributed by atoms with Crippen LogP contribution in [0.15, 0.2) is 18.5 Å². The van der Waals surface area contributed by atoms with Crippen molar-refractivity contribution in [2.24, 2.45) is 0 Å². The lowest BCUT2D eigenvalue weighted by molar-refractivity contribution is -0.0456. The van der Waals surface area contributed by atoms with Gasteiger partial charge in [0.25, 0.3) is 0 Å². The number of H-pyrrole nitrogens is 1. The van der Waals surface area contributed by atoms with Gasteiger partial charge in [-0.3, -0.25) is 4.90 Å². The Hall–Kier alpha value is -1.04. The summed E-state index contributed by atoms with van der Waals surface area (Å²) in [5.41, 5.74) is 6.03. The maximum atomic E-state index is 9.31. The van der Waals surface area contributed by atoms with E-state index >= 15 is 0 Å². The average molecular weight is 241 g/mol. The van der Waals surface area contributed by atoms with Crippen LogP contribution in [0.5, 0.6) is 0 Å². The van der Waals surface area contributed by atoms with Crippen LogP contribution in [0.1, 0.15) is 20.3 Å². The lowest BCUT2D eigenvalue weighted by atomic mass is 10.0. The van der Waals surface area contributed by atoms with Crippen LogP contribution < -0.4 is 5.73 Å². The minimum atomic E-state index is -0.550. The van der Waals surface area contributed by atoms with E-state index in [1.165, 1.54) is 0 Å². The summed E-state index contributed by atoms with van der Waals surface area (Å²) in [6.07, 6.45) is 3.16. The van der Waals surface area contributed by atoms with Gasteiger partial charge in [0.15, 0.2) is 0 Å². The minimum absolute atomic E-state index is 0.470. The maximum absolute atomic E-state index is 9.31. The number of aliphatic hydroxyl groups excluding tert-OH is 2. The van der Waals surface area contributed by atoms with Crippen molar-refractivity contribution in [1.29, 1.82) is 0 Å². The molecule has 17 heavy (non-hydrogen) atoms. The van der Waals surface area contributed by atoms with Gasteiger partial charge in [-0.2, -0.15) is 0 Å². The van der Waals surface area contributed by atoms with E-state index in [0.29, 0.717) is 19.0 Å². The molecule has 2 heterocycles. The molecule has 5 heteroatoms. The molecule has 2 rings (SSSR count). The Morgan fingerprint density at radius 2 is 2.12 bits per heavy atom. The van der Waals surface area contributed by atoms with Crippen molar-refractivity contribution in [2.45, 2.75) is 38.5 Å². The average Bonchev–Trinajstić information content (AvgIpc) is 2.74. The fourth-order valence-electron chi connectivity index (χ4n) is 1.75. The Balaban J connectivity index is 0.000000202. The smallest absolute Gasteiger partial charge is 0.0926 e. The number of rotatable bonds is 1. The Labute approximate surface area is 102 Å². The summed E-state index contributed by atoms with van der Waals surface area (Å²) in [7, 11) is 0. The van der Waals surface area contributed by atoms with Gasteiger partial charge in [0.2, 0.25) is 0 Å². The number of likely N-dealkylation sites (tertiary alicyclic amines) is 1. The predicted octanol–water partition coefficient (Wildman–Crippen LogP) is 0.419. The van der Waals surface area contributed by atoms with Crippen molar-refractivity contribution < 1.29 is 10.2 Å². The van der Waals surface area contributed by atoms with E-state index in [2.05, 4.69) is 23.7 Å². The number of aromatic amines is 1. The lowest BCUT2D eigenvalue weighted by Gasteiger charge is -2.35. The van der Waals surface area contributed by atoms with Gasteiger partial charge in [0.1, 0.15) is 0 Å². The van der Waals surface area contributed by atoms with Crippen LogP contribution in [0.25, 0.3) is 0 Å². The summed E-state index contributed by atoms with van der Waals surface area (Å²) in [4.78, 5) is 4.98. The van der Waals surface area contributed by atoms with Crippen LogP contribution in [-0.2, 0) is 0 Å². The second-order valence-electron chi connectivity index (χ2n) is 4.66. The quantitative estimate of drug-likeness (QED) is 0.574. The molecule has 1 aliphatic rings. The van der Waals surface area contributed by atoms with Crippen molar-refractivity contribution in [2.75, 3.05) is 18.8 Å². The number of nitrogen functional groups attached to an aromatic ring is 1. The predicted molar refractivity (Wildman–Crippen MR) is 68.5 cm³/mol. The van der Waals surface area contributed by atoms with E-state index < -0.39 is 12.2 Å². The summed E-state index contributed by atoms with van der Waals surface area (Å²) in [6, 6.07) is 2.28. The molecule has 0 aromatic carbocycles. The SMILES string of the molecule is CC(C)N1CCC(O)C(O)C1.Nc1cc[nH]c1. The van der Waals surface area contributed by atoms with Crippen LogP contribution in [0.4, 0.5) is 5.69 Å². The van der Waals surface area contributed by atoms with Gasteiger partial charge in [0.05, 0.1) is 12.2 Å². The molecule has 0 aliphatic carbocycles. The van der Waals surface area contributed by atoms with Crippen molar-refractivity contribution in [3.63, 3.8) is 0 Å². The Kier molecular flexibility index (Phi) is 5.47. The van der Waals surface area contributed by atoms with Gasteiger partial charge in [-0.1, -0.05) is 0 Å². The molecule has 0 saturated carbocycles. The number of aromatic nitrogens is 1. The number of nitrogens with zero attached hydrogens (tertiary/aromatic N) is 1. The first-order valence-electron chi connectivity index (χ1n) is 5.99. The second-order valence-corrected chi connectivity index (χ2v) is 4.66. The molecule has 0 spiro atoms. The molecular weight excluding hydrogens is 218 g/mol. The molecule has 1 saturated heterocycles. The second kappa shape index (κ2) is 6.64. The highest BCUT2D eigenvalue weighted by Crippen LogP contribution is 2.12. The van der Waals surface area contributed by atoms with E-state index in [1.54, 1.807) is 18.5 Å². The van der Waals surface area contributed by atoms with Crippen molar-refractivity contribution in [3.05, 3.63) is 18.5 Å². The number of piperidine rings is 1. The fourth-order valence-corrected chi connectivity index (χ4v) is 1.75. The molecule has 98 valence electrons. The molecule has 0 bridgehead atoms. The molecule has 0 radical (unpaired) electrons. The van der Waals surface area contributed by atoms with Gasteiger partial charge >= 0.3 is 0 Å². The summed E-state index contributed by atoms with van der Waals surface area (Å²) in [5, 5.41) is 18.5. The third kappa shape index (κ3) is 4.77. The van der Waals surface area contributed by atoms with E-state index in [1.807, 2.05) is 0 Å². The molecule has 1 fully saturated rings. The monoisotopic (exact) mass is 241 g/mol. The molecule has 0 amide bonds. The lowest BCUT2D eigenvalue weighted by Crippen LogP contribution is -2.49. The number of hydrogen-bond acceptors (Lipinski definition) is 4. The zero-order valence-corrected chi connectivity index (χ0v) is 10.5. The summed E-state index contributed by atoms with van der Waals surface area (Å²) in [5.74, 6) is 0. The van der Waals surface area contributed by atoms with Gasteiger partial charge in [-0.15, -0.1) is 0 Å². The molecular formula is C12H23N3O2. The van der Waals surface area contributed by atoms with Crippen LogP contribution in [0.2, 0.25) is 0 Å². The van der Waals surface area contributed by atoms with E-state index in [4.69, 9.17) is 5.73 Å². The fraction of sp³-hybridized carbons (Fsp3) is 0.667. The number of nitrogens with two attached hydrogens (primary N) is 1. The molecule has 5 nitrogen and oxygen atoms in total. The topological polar surface area (TPSA) is 85.5 Å². The van der Waals surface area contributed by atoms with Crippen molar-refractivity contribution >= 4 is 5.69 Å². The largest absolute Gasteiger partial charge is 0.398 e. The van der Waals surface area contributed by atoms with Crippen molar-refractivity contribution in [1.82, 2.24) is 9.88 Å². The molecule has 2 unspecified atom stereocenters. The normalized spacial score (nSPS) is 25.5. The Morgan fingerprint density at radius 1 is 1.41 bits per heavy atom. The standard InChI is InChI=1S/C8H17NO2.C4H6N2/c1-6(2)9-4-3-7(10)8(11)5-9;5-4-1-2-6-3-4/h6-8,10-11H,3-5H2,1-2H3;1-3,6H,5H2. The Morgan fingerprint density at radius 3 is 2.47 bits per heavy atom. The van der Waals surface area contributed by atoms with Gasteiger partial charge in [-0.05, 0) is 26.3 Å². The number of aliphatic hydroxyl groups is 2. The van der Waals surface area contributed by atoms with Crippen LogP contribution in [-0.4, -0.2) is 51.4 Å². The van der Waals surface area contributed by atoms with Gasteiger partial charge < -0.3 is 20.9 Å². The number of anilines is 1. The summed E-state index contributed by atoms with van der Waals surface area (Å²) >= 11 is 0. The first-order chi connectivity index (χ1) is 8.00. The highest BCUT2D eigenvalue weighted by atomic mass is 16.3. The van der Waals surface area contributed by atoms with Crippen LogP contribution in [0.3, 0.4) is 0 Å².